The van der Waals surface area contributed by atoms with E-state index in [9.17, 15) is 32.8 Å². The number of rotatable bonds is 7. The molecule has 1 amide bonds. The molecular weight excluding hydrogens is 459 g/mol. The van der Waals surface area contributed by atoms with Crippen molar-refractivity contribution in [2.75, 3.05) is 12.7 Å². The van der Waals surface area contributed by atoms with Crippen LogP contribution >= 0.6 is 8.03 Å². The first-order chi connectivity index (χ1) is 15.4. The van der Waals surface area contributed by atoms with Crippen molar-refractivity contribution in [3.05, 3.63) is 63.1 Å². The topological polar surface area (TPSA) is 138 Å². The molecule has 2 unspecified atom stereocenters. The summed E-state index contributed by atoms with van der Waals surface area (Å²) < 4.78 is 39.1. The summed E-state index contributed by atoms with van der Waals surface area (Å²) in [5, 5.41) is 15.8. The predicted molar refractivity (Wildman–Crippen MR) is 114 cm³/mol. The number of pyridine rings is 1. The van der Waals surface area contributed by atoms with Gasteiger partial charge in [0.05, 0.1) is 0 Å². The Labute approximate surface area is 188 Å². The number of benzene rings is 1. The smallest absolute Gasteiger partial charge is 0.503 e. The van der Waals surface area contributed by atoms with Crippen LogP contribution < -0.4 is 16.1 Å². The number of fused-ring (bicyclic) bond motifs is 1. The maximum atomic E-state index is 13.8. The minimum absolute atomic E-state index is 0.00422. The third-order valence-corrected chi connectivity index (χ3v) is 6.31. The van der Waals surface area contributed by atoms with Crippen LogP contribution in [0, 0.1) is 17.0 Å². The van der Waals surface area contributed by atoms with Gasteiger partial charge in [0.2, 0.25) is 5.43 Å². The fraction of sp³-hybridized carbons (Fsp3) is 0.381. The van der Waals surface area contributed by atoms with Crippen LogP contribution in [-0.4, -0.2) is 45.0 Å². The van der Waals surface area contributed by atoms with Crippen molar-refractivity contribution in [2.24, 2.45) is 5.41 Å². The molecule has 4 N–H and O–H groups in total. The molecule has 1 aromatic carbocycles. The fourth-order valence-corrected chi connectivity index (χ4v) is 3.99. The van der Waals surface area contributed by atoms with Crippen molar-refractivity contribution in [1.82, 2.24) is 15.2 Å². The number of nitrogens with zero attached hydrogens (tertiary/aromatic N) is 1. The minimum atomic E-state index is -2.36. The lowest BCUT2D eigenvalue weighted by Gasteiger charge is -2.39. The third kappa shape index (κ3) is 5.00. The first kappa shape index (κ1) is 24.6. The van der Waals surface area contributed by atoms with E-state index < -0.39 is 59.6 Å². The summed E-state index contributed by atoms with van der Waals surface area (Å²) in [5.41, 5.74) is -2.79. The van der Waals surface area contributed by atoms with Crippen molar-refractivity contribution in [3.8, 4) is 5.75 Å². The Kier molecular flexibility index (Phi) is 7.06. The molecular formula is C21H23F2N3O6P+. The Hall–Kier alpha value is -3.01. The molecule has 0 saturated carbocycles. The standard InChI is InChI=1S/C21H22F2N3O6P/c1-21(2)15(24-5-6-33(31)32)10-26-9-13(17(27)18(28)16(26)19(21)29)20(30)25-8-11-3-4-12(22)7-14(11)23/h3-4,7,9,15,24H,5-6,8,10H2,1-2H3,(H2-,25,28,29,30,31,32)/p+1. The average Bonchev–Trinajstić information content (AvgIpc) is 2.73. The Balaban J connectivity index is 1.88. The number of halogens is 2. The quantitative estimate of drug-likeness (QED) is 0.441. The van der Waals surface area contributed by atoms with Crippen LogP contribution in [0.2, 0.25) is 0 Å². The Morgan fingerprint density at radius 2 is 2.00 bits per heavy atom. The van der Waals surface area contributed by atoms with E-state index in [0.29, 0.717) is 6.07 Å². The molecule has 3 rings (SSSR count). The van der Waals surface area contributed by atoms with Gasteiger partial charge in [0.25, 0.3) is 5.91 Å². The number of hydrogen-bond acceptors (Lipinski definition) is 6. The van der Waals surface area contributed by atoms with Gasteiger partial charge in [0, 0.05) is 48.9 Å². The molecule has 1 aliphatic rings. The van der Waals surface area contributed by atoms with Crippen LogP contribution in [-0.2, 0) is 17.7 Å². The lowest BCUT2D eigenvalue weighted by Crippen LogP contribution is -2.54. The average molecular weight is 482 g/mol. The van der Waals surface area contributed by atoms with Crippen LogP contribution in [0.25, 0.3) is 0 Å². The number of carbonyl (C=O) groups is 2. The second kappa shape index (κ2) is 9.46. The largest absolute Gasteiger partial charge is 0.506 e. The van der Waals surface area contributed by atoms with Crippen molar-refractivity contribution < 1.29 is 32.9 Å². The normalized spacial score (nSPS) is 17.4. The van der Waals surface area contributed by atoms with Gasteiger partial charge in [0.1, 0.15) is 22.9 Å². The summed E-state index contributed by atoms with van der Waals surface area (Å²) in [6.07, 6.45) is 1.12. The highest BCUT2D eigenvalue weighted by Crippen LogP contribution is 2.34. The Bertz CT molecular complexity index is 1200. The van der Waals surface area contributed by atoms with Crippen LogP contribution in [0.4, 0.5) is 8.78 Å². The summed E-state index contributed by atoms with van der Waals surface area (Å²) in [6, 6.07) is 2.32. The third-order valence-electron chi connectivity index (χ3n) is 5.70. The van der Waals surface area contributed by atoms with Crippen LogP contribution in [0.5, 0.6) is 5.75 Å². The number of amides is 1. The van der Waals surface area contributed by atoms with E-state index in [1.807, 2.05) is 0 Å². The SMILES string of the molecule is CC1(C)C(=O)c2c(O)c(=O)c(C(=O)NCc3ccc(F)cc3F)cn2CC1NCC[P+](=O)O. The van der Waals surface area contributed by atoms with Gasteiger partial charge in [-0.15, -0.1) is 0 Å². The highest BCUT2D eigenvalue weighted by molar-refractivity contribution is 7.38. The number of ketones is 1. The Morgan fingerprint density at radius 3 is 2.64 bits per heavy atom. The zero-order chi connectivity index (χ0) is 24.5. The molecule has 0 bridgehead atoms. The lowest BCUT2D eigenvalue weighted by molar-refractivity contribution is 0.0700. The van der Waals surface area contributed by atoms with Gasteiger partial charge in [-0.1, -0.05) is 19.9 Å². The summed E-state index contributed by atoms with van der Waals surface area (Å²) >= 11 is 0. The van der Waals surface area contributed by atoms with E-state index in [4.69, 9.17) is 4.89 Å². The molecule has 33 heavy (non-hydrogen) atoms. The van der Waals surface area contributed by atoms with Crippen LogP contribution in [0.3, 0.4) is 0 Å². The summed E-state index contributed by atoms with van der Waals surface area (Å²) in [6.45, 7) is 3.17. The molecule has 1 aliphatic heterocycles. The van der Waals surface area contributed by atoms with Crippen molar-refractivity contribution in [2.45, 2.75) is 33.0 Å². The molecule has 0 fully saturated rings. The summed E-state index contributed by atoms with van der Waals surface area (Å²) in [5.74, 6) is -3.96. The first-order valence-electron chi connectivity index (χ1n) is 10.0. The fourth-order valence-electron chi connectivity index (χ4n) is 3.67. The molecule has 12 heteroatoms. The molecule has 176 valence electrons. The number of nitrogens with one attached hydrogen (secondary N) is 2. The second-order valence-electron chi connectivity index (χ2n) is 8.27. The monoisotopic (exact) mass is 482 g/mol. The van der Waals surface area contributed by atoms with Crippen molar-refractivity contribution in [1.29, 1.82) is 0 Å². The summed E-state index contributed by atoms with van der Waals surface area (Å²) in [4.78, 5) is 47.2. The molecule has 0 radical (unpaired) electrons. The van der Waals surface area contributed by atoms with E-state index in [-0.39, 0.29) is 37.1 Å². The lowest BCUT2D eigenvalue weighted by atomic mass is 9.75. The molecule has 2 aromatic rings. The molecule has 9 nitrogen and oxygen atoms in total. The van der Waals surface area contributed by atoms with Gasteiger partial charge in [-0.05, 0) is 10.6 Å². The molecule has 0 aliphatic carbocycles. The molecule has 1 aromatic heterocycles. The minimum Gasteiger partial charge on any atom is -0.503 e. The molecule has 2 heterocycles. The highest BCUT2D eigenvalue weighted by atomic mass is 31.1. The zero-order valence-corrected chi connectivity index (χ0v) is 18.8. The predicted octanol–water partition coefficient (Wildman–Crippen LogP) is 1.68. The maximum Gasteiger partial charge on any atom is 0.506 e. The van der Waals surface area contributed by atoms with E-state index in [1.54, 1.807) is 13.8 Å². The van der Waals surface area contributed by atoms with Crippen molar-refractivity contribution in [3.63, 3.8) is 0 Å². The van der Waals surface area contributed by atoms with Crippen LogP contribution in [0.1, 0.15) is 40.3 Å². The molecule has 0 spiro atoms. The number of aromatic nitrogens is 1. The van der Waals surface area contributed by atoms with E-state index in [2.05, 4.69) is 10.6 Å². The van der Waals surface area contributed by atoms with Gasteiger partial charge in [-0.3, -0.25) is 14.4 Å². The number of aromatic hydroxyl groups is 1. The van der Waals surface area contributed by atoms with E-state index in [1.165, 1.54) is 4.57 Å². The molecule has 0 saturated heterocycles. The molecule has 2 atom stereocenters. The van der Waals surface area contributed by atoms with Crippen molar-refractivity contribution >= 4 is 19.7 Å². The number of hydrogen-bond donors (Lipinski definition) is 4. The second-order valence-corrected chi connectivity index (χ2v) is 9.42. The van der Waals surface area contributed by atoms with Gasteiger partial charge >= 0.3 is 8.03 Å². The number of carbonyl (C=O) groups excluding carboxylic acids is 2. The number of Topliss-reactive ketones (excluding diaryl/α,β-unsaturated/α-hetero) is 1. The highest BCUT2D eigenvalue weighted by Gasteiger charge is 2.44. The van der Waals surface area contributed by atoms with Gasteiger partial charge < -0.3 is 20.3 Å². The van der Waals surface area contributed by atoms with Gasteiger partial charge in [0.15, 0.2) is 17.7 Å². The zero-order valence-electron chi connectivity index (χ0n) is 17.9. The van der Waals surface area contributed by atoms with E-state index in [0.717, 1.165) is 18.3 Å². The Morgan fingerprint density at radius 1 is 1.30 bits per heavy atom. The van der Waals surface area contributed by atoms with Crippen LogP contribution in [0.15, 0.2) is 29.2 Å². The van der Waals surface area contributed by atoms with E-state index >= 15 is 0 Å². The van der Waals surface area contributed by atoms with Gasteiger partial charge in [-0.25, -0.2) is 8.78 Å². The summed E-state index contributed by atoms with van der Waals surface area (Å²) in [7, 11) is -2.36. The van der Waals surface area contributed by atoms with Gasteiger partial charge in [-0.2, -0.15) is 4.89 Å². The maximum absolute atomic E-state index is 13.8. The first-order valence-corrected chi connectivity index (χ1v) is 11.4.